The van der Waals surface area contributed by atoms with E-state index in [1.807, 2.05) is 0 Å². The Kier molecular flexibility index (Phi) is 4.80. The summed E-state index contributed by atoms with van der Waals surface area (Å²) in [5, 5.41) is 5.48. The average molecular weight is 471 g/mol. The third-order valence-electron chi connectivity index (χ3n) is 5.67. The number of fused-ring (bicyclic) bond motifs is 3. The summed E-state index contributed by atoms with van der Waals surface area (Å²) in [6, 6.07) is 12.8. The van der Waals surface area contributed by atoms with Crippen LogP contribution in [0.4, 0.5) is 23.7 Å². The summed E-state index contributed by atoms with van der Waals surface area (Å²) < 4.78 is 66.6. The number of primary sulfonamides is 1. The molecule has 5 rings (SSSR count). The summed E-state index contributed by atoms with van der Waals surface area (Å²) in [6.45, 7) is 0.327. The van der Waals surface area contributed by atoms with Crippen molar-refractivity contribution in [3.8, 4) is 11.1 Å². The predicted octanol–water partition coefficient (Wildman–Crippen LogP) is 4.40. The van der Waals surface area contributed by atoms with Gasteiger partial charge >= 0.3 is 6.03 Å². The van der Waals surface area contributed by atoms with Gasteiger partial charge in [0.1, 0.15) is 22.3 Å². The molecule has 4 aromatic rings. The van der Waals surface area contributed by atoms with Gasteiger partial charge < -0.3 is 0 Å². The number of halogens is 3. The van der Waals surface area contributed by atoms with Gasteiger partial charge in [0.25, 0.3) is 0 Å². The Bertz CT molecular complexity index is 1550. The molecule has 0 atom stereocenters. The number of aromatic nitrogens is 1. The Labute approximate surface area is 186 Å². The van der Waals surface area contributed by atoms with Crippen LogP contribution in [-0.2, 0) is 16.4 Å². The Balaban J connectivity index is 1.54. The van der Waals surface area contributed by atoms with Gasteiger partial charge in [-0.15, -0.1) is 0 Å². The number of hydrogen-bond acceptors (Lipinski definition) is 3. The second-order valence-electron chi connectivity index (χ2n) is 7.71. The first-order chi connectivity index (χ1) is 15.6. The van der Waals surface area contributed by atoms with Crippen LogP contribution in [0.5, 0.6) is 0 Å². The number of nitrogens with zero attached hydrogens (tertiary/aromatic N) is 2. The van der Waals surface area contributed by atoms with E-state index in [4.69, 9.17) is 5.14 Å². The maximum absolute atomic E-state index is 14.2. The van der Waals surface area contributed by atoms with E-state index in [-0.39, 0.29) is 11.1 Å². The molecule has 0 unspecified atom stereocenters. The van der Waals surface area contributed by atoms with Crippen LogP contribution in [0, 0.1) is 17.5 Å². The molecule has 3 aromatic carbocycles. The average Bonchev–Trinajstić information content (AvgIpc) is 3.12. The highest BCUT2D eigenvalue weighted by atomic mass is 32.2. The summed E-state index contributed by atoms with van der Waals surface area (Å²) >= 11 is 0. The monoisotopic (exact) mass is 471 g/mol. The lowest BCUT2D eigenvalue weighted by molar-refractivity contribution is 0.246. The van der Waals surface area contributed by atoms with Gasteiger partial charge in [-0.3, -0.25) is 9.47 Å². The Morgan fingerprint density at radius 3 is 2.30 bits per heavy atom. The molecule has 0 aliphatic carbocycles. The van der Waals surface area contributed by atoms with Crippen LogP contribution in [0.1, 0.15) is 5.69 Å². The van der Waals surface area contributed by atoms with Crippen LogP contribution in [0.3, 0.4) is 0 Å². The van der Waals surface area contributed by atoms with Crippen molar-refractivity contribution in [2.24, 2.45) is 5.14 Å². The van der Waals surface area contributed by atoms with Gasteiger partial charge in [0, 0.05) is 35.3 Å². The molecule has 1 aromatic heterocycles. The van der Waals surface area contributed by atoms with E-state index in [2.05, 4.69) is 0 Å². The van der Waals surface area contributed by atoms with Gasteiger partial charge in [-0.2, -0.15) is 0 Å². The molecule has 0 saturated heterocycles. The Morgan fingerprint density at radius 2 is 1.61 bits per heavy atom. The van der Waals surface area contributed by atoms with Crippen molar-refractivity contribution < 1.29 is 26.4 Å². The molecule has 2 heterocycles. The Morgan fingerprint density at radius 1 is 0.879 bits per heavy atom. The second-order valence-corrected chi connectivity index (χ2v) is 9.24. The molecular weight excluding hydrogens is 455 g/mol. The minimum Gasteiger partial charge on any atom is -0.293 e. The molecule has 1 aliphatic rings. The number of nitrogens with two attached hydrogens (primary N) is 1. The molecule has 0 radical (unpaired) electrons. The van der Waals surface area contributed by atoms with Gasteiger partial charge in [-0.05, 0) is 54.1 Å². The number of hydrogen-bond donors (Lipinski definition) is 1. The zero-order chi connectivity index (χ0) is 23.5. The molecule has 1 amide bonds. The van der Waals surface area contributed by atoms with Crippen LogP contribution in [0.25, 0.3) is 22.0 Å². The van der Waals surface area contributed by atoms with Crippen molar-refractivity contribution in [3.63, 3.8) is 0 Å². The first-order valence-corrected chi connectivity index (χ1v) is 11.4. The Hall–Kier alpha value is -3.63. The number of amides is 1. The lowest BCUT2D eigenvalue weighted by atomic mass is 10.0. The standard InChI is InChI=1S/C23H16F3N3O3S/c24-15-3-6-19(25)18(11-15)13-1-4-16(5-2-13)28-8-7-17-9-14-10-20(26)22(33(27,31)32)12-21(14)29(17)23(28)30/h1-6,9-12H,7-8H2,(H2,27,31,32). The fourth-order valence-electron chi connectivity index (χ4n) is 4.12. The summed E-state index contributed by atoms with van der Waals surface area (Å²) in [5.74, 6) is -2.12. The number of anilines is 1. The molecule has 0 fully saturated rings. The summed E-state index contributed by atoms with van der Waals surface area (Å²) in [4.78, 5) is 14.1. The highest BCUT2D eigenvalue weighted by Crippen LogP contribution is 2.31. The summed E-state index contributed by atoms with van der Waals surface area (Å²) in [7, 11) is -4.32. The van der Waals surface area contributed by atoms with Crippen LogP contribution in [-0.4, -0.2) is 25.6 Å². The first kappa shape index (κ1) is 21.2. The van der Waals surface area contributed by atoms with Crippen molar-refractivity contribution >= 4 is 32.6 Å². The zero-order valence-electron chi connectivity index (χ0n) is 16.9. The smallest absolute Gasteiger partial charge is 0.293 e. The minimum atomic E-state index is -4.32. The molecule has 10 heteroatoms. The van der Waals surface area contributed by atoms with E-state index < -0.39 is 38.4 Å². The lowest BCUT2D eigenvalue weighted by Gasteiger charge is -2.29. The quantitative estimate of drug-likeness (QED) is 0.481. The third-order valence-corrected chi connectivity index (χ3v) is 6.60. The molecule has 0 bridgehead atoms. The number of carbonyl (C=O) groups excluding carboxylic acids is 1. The number of carbonyl (C=O) groups is 1. The van der Waals surface area contributed by atoms with Crippen LogP contribution >= 0.6 is 0 Å². The maximum Gasteiger partial charge on any atom is 0.333 e. The van der Waals surface area contributed by atoms with E-state index >= 15 is 0 Å². The van der Waals surface area contributed by atoms with Crippen molar-refractivity contribution in [1.29, 1.82) is 0 Å². The highest BCUT2D eigenvalue weighted by molar-refractivity contribution is 7.89. The summed E-state index contributed by atoms with van der Waals surface area (Å²) in [5.41, 5.74) is 1.89. The van der Waals surface area contributed by atoms with Crippen molar-refractivity contribution in [3.05, 3.63) is 83.8 Å². The highest BCUT2D eigenvalue weighted by Gasteiger charge is 2.29. The SMILES string of the molecule is NS(=O)(=O)c1cc2c(cc1F)cc1n2C(=O)N(c2ccc(-c3cc(F)ccc3F)cc2)CC1. The zero-order valence-corrected chi connectivity index (χ0v) is 17.7. The van der Waals surface area contributed by atoms with Crippen LogP contribution in [0.15, 0.2) is 65.6 Å². The van der Waals surface area contributed by atoms with E-state index in [9.17, 15) is 26.4 Å². The summed E-state index contributed by atoms with van der Waals surface area (Å²) in [6.07, 6.45) is 0.438. The molecular formula is C23H16F3N3O3S. The van der Waals surface area contributed by atoms with Crippen molar-refractivity contribution in [2.75, 3.05) is 11.4 Å². The fourth-order valence-corrected chi connectivity index (χ4v) is 4.72. The maximum atomic E-state index is 14.2. The van der Waals surface area contributed by atoms with Gasteiger partial charge in [-0.1, -0.05) is 12.1 Å². The number of benzene rings is 3. The molecule has 1 aliphatic heterocycles. The molecule has 0 spiro atoms. The van der Waals surface area contributed by atoms with Gasteiger partial charge in [0.15, 0.2) is 0 Å². The van der Waals surface area contributed by atoms with E-state index in [1.54, 1.807) is 30.3 Å². The van der Waals surface area contributed by atoms with Crippen LogP contribution < -0.4 is 10.0 Å². The normalized spacial score (nSPS) is 14.1. The predicted molar refractivity (Wildman–Crippen MR) is 117 cm³/mol. The first-order valence-electron chi connectivity index (χ1n) is 9.87. The largest absolute Gasteiger partial charge is 0.333 e. The van der Waals surface area contributed by atoms with Crippen LogP contribution in [0.2, 0.25) is 0 Å². The van der Waals surface area contributed by atoms with E-state index in [0.29, 0.717) is 35.3 Å². The molecule has 6 nitrogen and oxygen atoms in total. The van der Waals surface area contributed by atoms with Gasteiger partial charge in [0.2, 0.25) is 10.0 Å². The number of rotatable bonds is 3. The third kappa shape index (κ3) is 3.57. The lowest BCUT2D eigenvalue weighted by Crippen LogP contribution is -2.41. The molecule has 168 valence electrons. The van der Waals surface area contributed by atoms with Crippen molar-refractivity contribution in [2.45, 2.75) is 11.3 Å². The molecule has 33 heavy (non-hydrogen) atoms. The topological polar surface area (TPSA) is 85.4 Å². The van der Waals surface area contributed by atoms with Gasteiger partial charge in [-0.25, -0.2) is 31.5 Å². The van der Waals surface area contributed by atoms with E-state index in [1.165, 1.54) is 9.47 Å². The molecule has 2 N–H and O–H groups in total. The minimum absolute atomic E-state index is 0.0998. The molecule has 0 saturated carbocycles. The number of sulfonamides is 1. The fraction of sp³-hybridized carbons (Fsp3) is 0.0870. The second kappa shape index (κ2) is 7.46. The van der Waals surface area contributed by atoms with Crippen molar-refractivity contribution in [1.82, 2.24) is 4.57 Å². The van der Waals surface area contributed by atoms with E-state index in [0.717, 1.165) is 30.3 Å². The van der Waals surface area contributed by atoms with Gasteiger partial charge in [0.05, 0.1) is 5.52 Å².